The molecule has 4 rings (SSSR count). The highest BCUT2D eigenvalue weighted by molar-refractivity contribution is 7.80. The van der Waals surface area contributed by atoms with Crippen molar-refractivity contribution in [1.29, 1.82) is 0 Å². The molecule has 3 atom stereocenters. The molecule has 0 fully saturated rings. The van der Waals surface area contributed by atoms with E-state index in [0.717, 1.165) is 32.8 Å². The van der Waals surface area contributed by atoms with Crippen molar-refractivity contribution in [2.24, 2.45) is 22.2 Å². The normalized spacial score (nSPS) is 13.0. The molecule has 0 aliphatic heterocycles. The minimum Gasteiger partial charge on any atom is -0.370 e. The van der Waals surface area contributed by atoms with Gasteiger partial charge >= 0.3 is 0 Å². The van der Waals surface area contributed by atoms with Gasteiger partial charge in [-0.05, 0) is 40.8 Å². The standard InChI is InChI=1S/C32H38N8O4S/c33-29(42)27(18-45)40-31(44)26(15-21-17-37-24-12-4-3-11-23(21)24)39-30(43)25(13-6-14-36-32(34)35)38-28(41)16-20-9-5-8-19-7-1-2-10-22(19)20/h1-5,7-12,17,25-27,37,45H,6,13-16,18H2,(H2,33,42)(H,38,41)(H,39,43)(H,40,44)(H4,34,35,36)/t25-,26-,27-/m0/s1. The van der Waals surface area contributed by atoms with Crippen LogP contribution in [0, 0.1) is 0 Å². The molecule has 3 aromatic carbocycles. The lowest BCUT2D eigenvalue weighted by Gasteiger charge is -2.24. The van der Waals surface area contributed by atoms with Crippen LogP contribution >= 0.6 is 12.6 Å². The molecule has 1 aromatic heterocycles. The molecule has 12 nitrogen and oxygen atoms in total. The zero-order valence-corrected chi connectivity index (χ0v) is 25.6. The molecule has 1 heterocycles. The zero-order chi connectivity index (χ0) is 32.3. The van der Waals surface area contributed by atoms with E-state index >= 15 is 0 Å². The first kappa shape index (κ1) is 32.9. The minimum absolute atomic E-state index is 0.0214. The number of H-pyrrole nitrogens is 1. The van der Waals surface area contributed by atoms with Gasteiger partial charge in [0.2, 0.25) is 23.6 Å². The van der Waals surface area contributed by atoms with Gasteiger partial charge in [0.15, 0.2) is 5.96 Å². The molecule has 10 N–H and O–H groups in total. The highest BCUT2D eigenvalue weighted by atomic mass is 32.1. The van der Waals surface area contributed by atoms with E-state index in [1.54, 1.807) is 6.20 Å². The van der Waals surface area contributed by atoms with Crippen LogP contribution in [0.15, 0.2) is 77.9 Å². The summed E-state index contributed by atoms with van der Waals surface area (Å²) in [4.78, 5) is 59.5. The first-order valence-electron chi connectivity index (χ1n) is 14.5. The maximum Gasteiger partial charge on any atom is 0.243 e. The number of carbonyl (C=O) groups excluding carboxylic acids is 4. The number of fused-ring (bicyclic) bond motifs is 2. The third-order valence-corrected chi connectivity index (χ3v) is 7.77. The van der Waals surface area contributed by atoms with Gasteiger partial charge in [0, 0.05) is 35.8 Å². The van der Waals surface area contributed by atoms with Gasteiger partial charge in [0.1, 0.15) is 18.1 Å². The summed E-state index contributed by atoms with van der Waals surface area (Å²) in [7, 11) is 0. The molecule has 0 unspecified atom stereocenters. The number of benzene rings is 3. The molecule has 0 saturated carbocycles. The van der Waals surface area contributed by atoms with Crippen molar-refractivity contribution in [2.45, 2.75) is 43.8 Å². The Hall–Kier alpha value is -5.04. The van der Waals surface area contributed by atoms with Crippen LogP contribution in [0.4, 0.5) is 0 Å². The van der Waals surface area contributed by atoms with Crippen molar-refractivity contribution in [3.63, 3.8) is 0 Å². The van der Waals surface area contributed by atoms with Crippen LogP contribution in [0.3, 0.4) is 0 Å². The Kier molecular flexibility index (Phi) is 11.4. The number of amides is 4. The van der Waals surface area contributed by atoms with Gasteiger partial charge in [-0.15, -0.1) is 0 Å². The average Bonchev–Trinajstić information content (AvgIpc) is 3.43. The Labute approximate surface area is 266 Å². The van der Waals surface area contributed by atoms with Crippen molar-refractivity contribution in [3.8, 4) is 0 Å². The largest absolute Gasteiger partial charge is 0.370 e. The van der Waals surface area contributed by atoms with Crippen molar-refractivity contribution in [2.75, 3.05) is 12.3 Å². The third-order valence-electron chi connectivity index (χ3n) is 7.40. The molecule has 0 aliphatic rings. The molecule has 13 heteroatoms. The number of carbonyl (C=O) groups is 4. The molecule has 4 aromatic rings. The monoisotopic (exact) mass is 630 g/mol. The predicted molar refractivity (Wildman–Crippen MR) is 178 cm³/mol. The van der Waals surface area contributed by atoms with E-state index in [-0.39, 0.29) is 43.4 Å². The van der Waals surface area contributed by atoms with Gasteiger partial charge in [-0.2, -0.15) is 12.6 Å². The number of primary amides is 1. The molecular weight excluding hydrogens is 592 g/mol. The first-order valence-corrected chi connectivity index (χ1v) is 15.2. The van der Waals surface area contributed by atoms with E-state index in [1.165, 1.54) is 0 Å². The summed E-state index contributed by atoms with van der Waals surface area (Å²) >= 11 is 4.12. The maximum atomic E-state index is 13.8. The molecule has 0 radical (unpaired) electrons. The second-order valence-corrected chi connectivity index (χ2v) is 11.0. The van der Waals surface area contributed by atoms with Crippen LogP contribution < -0.4 is 33.2 Å². The van der Waals surface area contributed by atoms with Crippen molar-refractivity contribution in [3.05, 3.63) is 84.1 Å². The third kappa shape index (κ3) is 8.99. The minimum atomic E-state index is -1.10. The maximum absolute atomic E-state index is 13.8. The second-order valence-electron chi connectivity index (χ2n) is 10.7. The van der Waals surface area contributed by atoms with Gasteiger partial charge in [-0.1, -0.05) is 60.7 Å². The number of thiol groups is 1. The highest BCUT2D eigenvalue weighted by Crippen LogP contribution is 2.20. The van der Waals surface area contributed by atoms with Crippen LogP contribution in [0.2, 0.25) is 0 Å². The van der Waals surface area contributed by atoms with E-state index in [2.05, 4.69) is 38.6 Å². The summed E-state index contributed by atoms with van der Waals surface area (Å²) in [6.45, 7) is 0.243. The Balaban J connectivity index is 1.56. The number of aromatic amines is 1. The van der Waals surface area contributed by atoms with Crippen LogP contribution in [0.1, 0.15) is 24.0 Å². The number of para-hydroxylation sites is 1. The molecule has 0 aliphatic carbocycles. The SMILES string of the molecule is NC(=O)[C@H](CS)NC(=O)[C@H](Cc1c[nH]c2ccccc12)NC(=O)[C@H](CCCN=C(N)N)NC(=O)Cc1cccc2ccccc12. The fourth-order valence-electron chi connectivity index (χ4n) is 5.12. The number of nitrogens with two attached hydrogens (primary N) is 3. The van der Waals surface area contributed by atoms with Crippen molar-refractivity contribution in [1.82, 2.24) is 20.9 Å². The summed E-state index contributed by atoms with van der Waals surface area (Å²) < 4.78 is 0. The predicted octanol–water partition coefficient (Wildman–Crippen LogP) is 1.03. The van der Waals surface area contributed by atoms with Crippen molar-refractivity contribution >= 4 is 63.9 Å². The lowest BCUT2D eigenvalue weighted by molar-refractivity contribution is -0.133. The molecule has 0 bridgehead atoms. The molecule has 4 amide bonds. The lowest BCUT2D eigenvalue weighted by atomic mass is 10.0. The van der Waals surface area contributed by atoms with Crippen LogP contribution in [-0.2, 0) is 32.0 Å². The summed E-state index contributed by atoms with van der Waals surface area (Å²) in [5.74, 6) is -2.42. The molecule has 0 spiro atoms. The summed E-state index contributed by atoms with van der Waals surface area (Å²) in [5, 5.41) is 11.0. The zero-order valence-electron chi connectivity index (χ0n) is 24.7. The van der Waals surface area contributed by atoms with Crippen LogP contribution in [0.5, 0.6) is 0 Å². The lowest BCUT2D eigenvalue weighted by Crippen LogP contribution is -2.57. The van der Waals surface area contributed by atoms with Crippen LogP contribution in [0.25, 0.3) is 21.7 Å². The van der Waals surface area contributed by atoms with Crippen molar-refractivity contribution < 1.29 is 19.2 Å². The Bertz CT molecular complexity index is 1700. The van der Waals surface area contributed by atoms with E-state index < -0.39 is 35.8 Å². The fourth-order valence-corrected chi connectivity index (χ4v) is 5.39. The Morgan fingerprint density at radius 3 is 2.18 bits per heavy atom. The smallest absolute Gasteiger partial charge is 0.243 e. The van der Waals surface area contributed by atoms with E-state index in [0.29, 0.717) is 6.42 Å². The number of rotatable bonds is 15. The number of nitrogens with one attached hydrogen (secondary N) is 4. The summed E-state index contributed by atoms with van der Waals surface area (Å²) in [5.41, 5.74) is 18.8. The summed E-state index contributed by atoms with van der Waals surface area (Å²) in [6.07, 6.45) is 2.49. The number of hydrogen-bond acceptors (Lipinski definition) is 6. The quantitative estimate of drug-likeness (QED) is 0.0416. The van der Waals surface area contributed by atoms with Gasteiger partial charge in [-0.25, -0.2) is 0 Å². The second kappa shape index (κ2) is 15.6. The van der Waals surface area contributed by atoms with Crippen LogP contribution in [-0.4, -0.2) is 65.0 Å². The molecule has 0 saturated heterocycles. The highest BCUT2D eigenvalue weighted by Gasteiger charge is 2.29. The van der Waals surface area contributed by atoms with Gasteiger partial charge in [-0.3, -0.25) is 24.2 Å². The molecule has 45 heavy (non-hydrogen) atoms. The number of guanidine groups is 1. The van der Waals surface area contributed by atoms with E-state index in [4.69, 9.17) is 17.2 Å². The number of nitrogens with zero attached hydrogens (tertiary/aromatic N) is 1. The average molecular weight is 631 g/mol. The van der Waals surface area contributed by atoms with Gasteiger partial charge in [0.05, 0.1) is 6.42 Å². The number of hydrogen-bond donors (Lipinski definition) is 8. The number of aromatic nitrogens is 1. The Morgan fingerprint density at radius 1 is 0.778 bits per heavy atom. The fraction of sp³-hybridized carbons (Fsp3) is 0.281. The molecular formula is C32H38N8O4S. The van der Waals surface area contributed by atoms with E-state index in [1.807, 2.05) is 66.7 Å². The van der Waals surface area contributed by atoms with Gasteiger partial charge in [0.25, 0.3) is 0 Å². The molecule has 236 valence electrons. The van der Waals surface area contributed by atoms with E-state index in [9.17, 15) is 19.2 Å². The Morgan fingerprint density at radius 2 is 1.44 bits per heavy atom. The summed E-state index contributed by atoms with van der Waals surface area (Å²) in [6, 6.07) is 17.8. The topological polar surface area (TPSA) is 211 Å². The van der Waals surface area contributed by atoms with Gasteiger partial charge < -0.3 is 38.1 Å². The first-order chi connectivity index (χ1) is 21.7. The number of aliphatic imine (C=N–C) groups is 1.